The summed E-state index contributed by atoms with van der Waals surface area (Å²) in [4.78, 5) is 42.3. The average Bonchev–Trinajstić information content (AvgIpc) is 3.23. The van der Waals surface area contributed by atoms with Crippen LogP contribution in [0.3, 0.4) is 0 Å². The summed E-state index contributed by atoms with van der Waals surface area (Å²) in [6.07, 6.45) is 23.3. The molecular weight excluding hydrogens is 801 g/mol. The van der Waals surface area contributed by atoms with Gasteiger partial charge >= 0.3 is 11.9 Å². The number of carbonyl (C=O) groups excluding carboxylic acids is 2. The third-order valence-corrected chi connectivity index (χ3v) is 26.7. The fraction of sp³-hybridized carbons (Fsp3) is 0.883. The van der Waals surface area contributed by atoms with Gasteiger partial charge in [-0.15, -0.1) is 0 Å². The normalized spacial score (nSPS) is 55.1. The highest BCUT2D eigenvalue weighted by Crippen LogP contribution is 2.78. The quantitative estimate of drug-likeness (QED) is 0.225. The lowest BCUT2D eigenvalue weighted by Crippen LogP contribution is -2.66. The molecule has 10 aliphatic rings. The standard InChI is InChI=1S/C60H92O5/c1-35-19-29-59(49(62)63)33-31-55(11)39(47(59)37(35)3)15-17-44-54(10)26-24-46(52(7,8)42(54)22-28-58(44,55)14)65-50(64)60-30-20-36(2)38(4)48(60)40-16-18-43-53(9)25-23-45(61)51(5,6)41(53)21-27-57(43,13)56(40,12)32-34-60/h15-16,35-38,41-44,46-48H,17-34H2,1-14H3,(H,62,63)/t35-,36-,37+,38+,41+,42+,43-,44-,46+,47+,48+,53+,54+,55-,56-,57-,58-,59+,60+/m1/s1. The van der Waals surface area contributed by atoms with E-state index in [0.717, 1.165) is 109 Å². The van der Waals surface area contributed by atoms with Gasteiger partial charge in [0.15, 0.2) is 0 Å². The van der Waals surface area contributed by atoms with Gasteiger partial charge in [0.25, 0.3) is 0 Å². The van der Waals surface area contributed by atoms with Crippen LogP contribution in [0, 0.1) is 113 Å². The van der Waals surface area contributed by atoms with E-state index < -0.39 is 16.8 Å². The monoisotopic (exact) mass is 893 g/mol. The number of Topliss-reactive ketones (excluding diaryl/α,β-unsaturated/α-hetero) is 1. The molecule has 5 heteroatoms. The van der Waals surface area contributed by atoms with Crippen LogP contribution in [0.4, 0.5) is 0 Å². The fourth-order valence-electron chi connectivity index (χ4n) is 21.9. The van der Waals surface area contributed by atoms with Crippen LogP contribution in [-0.2, 0) is 19.1 Å². The number of esters is 1. The Kier molecular flexibility index (Phi) is 10.3. The molecule has 65 heavy (non-hydrogen) atoms. The first-order valence-electron chi connectivity index (χ1n) is 27.6. The maximum atomic E-state index is 15.7. The topological polar surface area (TPSA) is 80.7 Å². The van der Waals surface area contributed by atoms with Gasteiger partial charge in [-0.2, -0.15) is 0 Å². The van der Waals surface area contributed by atoms with Crippen molar-refractivity contribution in [3.63, 3.8) is 0 Å². The highest BCUT2D eigenvalue weighted by Gasteiger charge is 2.72. The molecule has 0 saturated heterocycles. The van der Waals surface area contributed by atoms with Crippen molar-refractivity contribution in [1.82, 2.24) is 0 Å². The van der Waals surface area contributed by atoms with E-state index in [1.54, 1.807) is 5.57 Å². The Hall–Kier alpha value is -1.91. The molecule has 0 amide bonds. The Morgan fingerprint density at radius 2 is 1.03 bits per heavy atom. The summed E-state index contributed by atoms with van der Waals surface area (Å²) in [5.41, 5.74) is 2.16. The van der Waals surface area contributed by atoms with Crippen LogP contribution in [0.25, 0.3) is 0 Å². The maximum Gasteiger partial charge on any atom is 0.312 e. The first-order chi connectivity index (χ1) is 30.2. The number of carboxylic acid groups (broad SMARTS) is 1. The number of hydrogen-bond acceptors (Lipinski definition) is 4. The summed E-state index contributed by atoms with van der Waals surface area (Å²) >= 11 is 0. The number of rotatable bonds is 3. The average molecular weight is 893 g/mol. The Morgan fingerprint density at radius 1 is 0.554 bits per heavy atom. The Balaban J connectivity index is 0.933. The van der Waals surface area contributed by atoms with Gasteiger partial charge in [0.2, 0.25) is 0 Å². The fourth-order valence-corrected chi connectivity index (χ4v) is 21.9. The van der Waals surface area contributed by atoms with E-state index in [1.807, 2.05) is 0 Å². The number of allylic oxidation sites excluding steroid dienone is 4. The van der Waals surface area contributed by atoms with Crippen molar-refractivity contribution >= 4 is 17.7 Å². The molecule has 0 aromatic rings. The number of ketones is 1. The zero-order valence-electron chi connectivity index (χ0n) is 43.8. The summed E-state index contributed by atoms with van der Waals surface area (Å²) < 4.78 is 7.26. The molecule has 8 fully saturated rings. The van der Waals surface area contributed by atoms with Crippen LogP contribution in [-0.4, -0.2) is 28.9 Å². The molecule has 0 bridgehead atoms. The van der Waals surface area contributed by atoms with Crippen LogP contribution in [0.5, 0.6) is 0 Å². The van der Waals surface area contributed by atoms with Gasteiger partial charge in [-0.25, -0.2) is 0 Å². The molecule has 0 aromatic carbocycles. The van der Waals surface area contributed by atoms with E-state index in [1.165, 1.54) is 12.0 Å². The molecule has 10 aliphatic carbocycles. The number of carbonyl (C=O) groups is 3. The molecule has 1 N–H and O–H groups in total. The Morgan fingerprint density at radius 3 is 1.57 bits per heavy atom. The third kappa shape index (κ3) is 5.60. The molecule has 10 rings (SSSR count). The lowest BCUT2D eigenvalue weighted by atomic mass is 9.33. The summed E-state index contributed by atoms with van der Waals surface area (Å²) in [6.45, 7) is 34.7. The summed E-state index contributed by atoms with van der Waals surface area (Å²) in [5.74, 6) is 4.26. The molecule has 0 spiro atoms. The van der Waals surface area contributed by atoms with E-state index in [2.05, 4.69) is 109 Å². The van der Waals surface area contributed by atoms with Crippen LogP contribution < -0.4 is 0 Å². The largest absolute Gasteiger partial charge is 0.481 e. The lowest BCUT2D eigenvalue weighted by molar-refractivity contribution is -0.224. The van der Waals surface area contributed by atoms with Crippen molar-refractivity contribution in [1.29, 1.82) is 0 Å². The molecule has 362 valence electrons. The minimum Gasteiger partial charge on any atom is -0.481 e. The first kappa shape index (κ1) is 46.8. The van der Waals surface area contributed by atoms with Crippen molar-refractivity contribution in [2.75, 3.05) is 0 Å². The SMILES string of the molecule is C[C@H]1[C@H](C)CC[C@]2(C(=O)O)CC[C@]3(C)C(=CC[C@@H]4[C@@]5(C)CC[C@H](OC(=O)[C@]67CC[C@@H](C)[C@H](C)[C@H]6C6=CC[C@@H]8[C@@]9(C)CCC(=O)C(C)(C)[C@@H]9CC[C@@]8(C)[C@]6(C)CC7)C(C)(C)[C@@H]5CC[C@]43C)[C@H]12. The van der Waals surface area contributed by atoms with E-state index in [0.29, 0.717) is 53.1 Å². The van der Waals surface area contributed by atoms with Crippen molar-refractivity contribution < 1.29 is 24.2 Å². The number of ether oxygens (including phenoxy) is 1. The summed E-state index contributed by atoms with van der Waals surface area (Å²) in [6, 6.07) is 0. The van der Waals surface area contributed by atoms with Crippen molar-refractivity contribution in [3.05, 3.63) is 23.3 Å². The van der Waals surface area contributed by atoms with Crippen LogP contribution in [0.15, 0.2) is 23.3 Å². The predicted molar refractivity (Wildman–Crippen MR) is 260 cm³/mol. The summed E-state index contributed by atoms with van der Waals surface area (Å²) in [7, 11) is 0. The molecule has 8 saturated carbocycles. The third-order valence-electron chi connectivity index (χ3n) is 26.7. The highest BCUT2D eigenvalue weighted by atomic mass is 16.5. The Bertz CT molecular complexity index is 2090. The second kappa shape index (κ2) is 14.3. The van der Waals surface area contributed by atoms with Crippen LogP contribution >= 0.6 is 0 Å². The van der Waals surface area contributed by atoms with Crippen molar-refractivity contribution in [3.8, 4) is 0 Å². The van der Waals surface area contributed by atoms with E-state index in [4.69, 9.17) is 4.74 Å². The van der Waals surface area contributed by atoms with Gasteiger partial charge in [0.05, 0.1) is 10.8 Å². The van der Waals surface area contributed by atoms with Gasteiger partial charge in [-0.3, -0.25) is 14.4 Å². The number of carboxylic acids is 1. The van der Waals surface area contributed by atoms with Crippen LogP contribution in [0.2, 0.25) is 0 Å². The molecule has 0 aliphatic heterocycles. The second-order valence-electron chi connectivity index (χ2n) is 28.8. The molecule has 0 aromatic heterocycles. The van der Waals surface area contributed by atoms with Gasteiger partial charge in [-0.05, 0) is 201 Å². The van der Waals surface area contributed by atoms with Crippen molar-refractivity contribution in [2.24, 2.45) is 113 Å². The highest BCUT2D eigenvalue weighted by molar-refractivity contribution is 5.85. The second-order valence-corrected chi connectivity index (χ2v) is 28.8. The molecule has 0 heterocycles. The zero-order valence-corrected chi connectivity index (χ0v) is 43.8. The molecule has 5 nitrogen and oxygen atoms in total. The number of hydrogen-bond donors (Lipinski definition) is 1. The van der Waals surface area contributed by atoms with Gasteiger partial charge in [0, 0.05) is 17.3 Å². The zero-order chi connectivity index (χ0) is 47.1. The minimum absolute atomic E-state index is 0.00126. The van der Waals surface area contributed by atoms with Gasteiger partial charge in [0.1, 0.15) is 11.9 Å². The number of aliphatic carboxylic acids is 1. The van der Waals surface area contributed by atoms with Gasteiger partial charge in [-0.1, -0.05) is 120 Å². The Labute approximate surface area is 395 Å². The van der Waals surface area contributed by atoms with Crippen molar-refractivity contribution in [2.45, 2.75) is 219 Å². The number of fused-ring (bicyclic) bond motifs is 14. The minimum atomic E-state index is -0.615. The molecule has 0 radical (unpaired) electrons. The van der Waals surface area contributed by atoms with Gasteiger partial charge < -0.3 is 9.84 Å². The molecular formula is C60H92O5. The van der Waals surface area contributed by atoms with E-state index >= 15 is 4.79 Å². The maximum absolute atomic E-state index is 15.7. The lowest BCUT2D eigenvalue weighted by Gasteiger charge is -2.71. The predicted octanol–water partition coefficient (Wildman–Crippen LogP) is 14.9. The van der Waals surface area contributed by atoms with E-state index in [9.17, 15) is 14.7 Å². The van der Waals surface area contributed by atoms with E-state index in [-0.39, 0.29) is 67.2 Å². The summed E-state index contributed by atoms with van der Waals surface area (Å²) in [5, 5.41) is 10.9. The first-order valence-corrected chi connectivity index (χ1v) is 27.6. The molecule has 0 unspecified atom stereocenters. The van der Waals surface area contributed by atoms with Crippen LogP contribution in [0.1, 0.15) is 213 Å². The smallest absolute Gasteiger partial charge is 0.312 e. The molecule has 19 atom stereocenters.